The van der Waals surface area contributed by atoms with Crippen molar-refractivity contribution in [3.8, 4) is 5.75 Å². The van der Waals surface area contributed by atoms with E-state index < -0.39 is 0 Å². The second kappa shape index (κ2) is 6.57. The molecule has 0 bridgehead atoms. The molecule has 104 valence electrons. The number of carbonyl (C=O) groups excluding carboxylic acids is 1. The number of nitrogens with zero attached hydrogens (tertiary/aromatic N) is 1. The van der Waals surface area contributed by atoms with E-state index in [1.54, 1.807) is 0 Å². The minimum Gasteiger partial charge on any atom is -0.494 e. The van der Waals surface area contributed by atoms with E-state index in [1.165, 1.54) is 0 Å². The number of amides is 1. The molecule has 1 aromatic rings. The number of hydrogen-bond acceptors (Lipinski definition) is 3. The standard InChI is InChI=1S/C15H21NO3/c1-2-19-14-6-4-3-5-13(14)7-8-15(18)16-9-12(10-16)11-17/h3-6,12,17H,2,7-11H2,1H3. The number of aliphatic hydroxyl groups excluding tert-OH is 1. The molecule has 1 saturated heterocycles. The van der Waals surface area contributed by atoms with Gasteiger partial charge < -0.3 is 14.7 Å². The van der Waals surface area contributed by atoms with Gasteiger partial charge in [0.1, 0.15) is 5.75 Å². The van der Waals surface area contributed by atoms with Gasteiger partial charge in [-0.3, -0.25) is 4.79 Å². The molecule has 1 heterocycles. The van der Waals surface area contributed by atoms with Crippen molar-refractivity contribution in [3.63, 3.8) is 0 Å². The van der Waals surface area contributed by atoms with Gasteiger partial charge in [-0.05, 0) is 25.0 Å². The number of rotatable bonds is 6. The van der Waals surface area contributed by atoms with Crippen LogP contribution in [-0.2, 0) is 11.2 Å². The molecule has 0 saturated carbocycles. The topological polar surface area (TPSA) is 49.8 Å². The maximum atomic E-state index is 11.9. The van der Waals surface area contributed by atoms with Crippen molar-refractivity contribution >= 4 is 5.91 Å². The summed E-state index contributed by atoms with van der Waals surface area (Å²) >= 11 is 0. The molecule has 0 atom stereocenters. The molecule has 1 aliphatic heterocycles. The van der Waals surface area contributed by atoms with Crippen molar-refractivity contribution in [2.45, 2.75) is 19.8 Å². The summed E-state index contributed by atoms with van der Waals surface area (Å²) in [5.74, 6) is 1.31. The Balaban J connectivity index is 1.83. The molecule has 0 radical (unpaired) electrons. The average molecular weight is 263 g/mol. The van der Waals surface area contributed by atoms with E-state index >= 15 is 0 Å². The van der Waals surface area contributed by atoms with Gasteiger partial charge >= 0.3 is 0 Å². The first-order valence-corrected chi connectivity index (χ1v) is 6.84. The molecule has 1 aromatic carbocycles. The minimum atomic E-state index is 0.163. The lowest BCUT2D eigenvalue weighted by atomic mass is 10.00. The summed E-state index contributed by atoms with van der Waals surface area (Å²) in [5.41, 5.74) is 1.08. The Morgan fingerprint density at radius 2 is 2.16 bits per heavy atom. The largest absolute Gasteiger partial charge is 0.494 e. The van der Waals surface area contributed by atoms with Gasteiger partial charge in [-0.15, -0.1) is 0 Å². The quantitative estimate of drug-likeness (QED) is 0.845. The van der Waals surface area contributed by atoms with E-state index in [1.807, 2.05) is 36.1 Å². The zero-order valence-electron chi connectivity index (χ0n) is 11.3. The number of carbonyl (C=O) groups is 1. The van der Waals surface area contributed by atoms with Crippen LogP contribution in [0.1, 0.15) is 18.9 Å². The first-order chi connectivity index (χ1) is 9.24. The molecular formula is C15H21NO3. The second-order valence-corrected chi connectivity index (χ2v) is 4.89. The third-order valence-electron chi connectivity index (χ3n) is 3.45. The average Bonchev–Trinajstić information content (AvgIpc) is 2.37. The van der Waals surface area contributed by atoms with Crippen molar-refractivity contribution in [2.75, 3.05) is 26.3 Å². The number of benzene rings is 1. The molecule has 19 heavy (non-hydrogen) atoms. The van der Waals surface area contributed by atoms with E-state index in [4.69, 9.17) is 9.84 Å². The molecule has 1 fully saturated rings. The first-order valence-electron chi connectivity index (χ1n) is 6.84. The minimum absolute atomic E-state index is 0.163. The van der Waals surface area contributed by atoms with Gasteiger partial charge in [0.15, 0.2) is 0 Å². The summed E-state index contributed by atoms with van der Waals surface area (Å²) in [4.78, 5) is 13.7. The van der Waals surface area contributed by atoms with Gasteiger partial charge in [-0.2, -0.15) is 0 Å². The highest BCUT2D eigenvalue weighted by atomic mass is 16.5. The predicted octanol–water partition coefficient (Wildman–Crippen LogP) is 1.47. The maximum absolute atomic E-state index is 11.9. The molecule has 2 rings (SSSR count). The van der Waals surface area contributed by atoms with Crippen LogP contribution in [0.25, 0.3) is 0 Å². The van der Waals surface area contributed by atoms with Crippen LogP contribution < -0.4 is 4.74 Å². The highest BCUT2D eigenvalue weighted by Crippen LogP contribution is 2.21. The lowest BCUT2D eigenvalue weighted by Crippen LogP contribution is -2.51. The summed E-state index contributed by atoms with van der Waals surface area (Å²) in [7, 11) is 0. The molecule has 1 N–H and O–H groups in total. The van der Waals surface area contributed by atoms with Gasteiger partial charge in [0.05, 0.1) is 6.61 Å². The molecule has 4 nitrogen and oxygen atoms in total. The van der Waals surface area contributed by atoms with Crippen molar-refractivity contribution in [1.82, 2.24) is 4.90 Å². The van der Waals surface area contributed by atoms with E-state index in [-0.39, 0.29) is 18.4 Å². The van der Waals surface area contributed by atoms with Crippen molar-refractivity contribution in [3.05, 3.63) is 29.8 Å². The lowest BCUT2D eigenvalue weighted by molar-refractivity contribution is -0.138. The third-order valence-corrected chi connectivity index (χ3v) is 3.45. The summed E-state index contributed by atoms with van der Waals surface area (Å²) < 4.78 is 5.55. The van der Waals surface area contributed by atoms with Crippen molar-refractivity contribution in [2.24, 2.45) is 5.92 Å². The molecule has 0 aliphatic carbocycles. The highest BCUT2D eigenvalue weighted by Gasteiger charge is 2.29. The lowest BCUT2D eigenvalue weighted by Gasteiger charge is -2.38. The number of hydrogen-bond donors (Lipinski definition) is 1. The van der Waals surface area contributed by atoms with Gasteiger partial charge in [0, 0.05) is 32.0 Å². The smallest absolute Gasteiger partial charge is 0.222 e. The van der Waals surface area contributed by atoms with Crippen LogP contribution in [0.5, 0.6) is 5.75 Å². The normalized spacial score (nSPS) is 15.2. The van der Waals surface area contributed by atoms with Crippen LogP contribution in [0.15, 0.2) is 24.3 Å². The summed E-state index contributed by atoms with van der Waals surface area (Å²) in [5, 5.41) is 8.93. The van der Waals surface area contributed by atoms with Crippen LogP contribution in [0, 0.1) is 5.92 Å². The number of aryl methyl sites for hydroxylation is 1. The van der Waals surface area contributed by atoms with Crippen molar-refractivity contribution < 1.29 is 14.6 Å². The second-order valence-electron chi connectivity index (χ2n) is 4.89. The number of para-hydroxylation sites is 1. The van der Waals surface area contributed by atoms with Gasteiger partial charge in [0.25, 0.3) is 0 Å². The number of ether oxygens (including phenoxy) is 1. The SMILES string of the molecule is CCOc1ccccc1CCC(=O)N1CC(CO)C1. The third kappa shape index (κ3) is 3.47. The maximum Gasteiger partial charge on any atom is 0.222 e. The fourth-order valence-corrected chi connectivity index (χ4v) is 2.30. The molecule has 1 amide bonds. The molecule has 0 unspecified atom stereocenters. The van der Waals surface area contributed by atoms with Crippen molar-refractivity contribution in [1.29, 1.82) is 0 Å². The molecule has 0 aromatic heterocycles. The summed E-state index contributed by atoms with van der Waals surface area (Å²) in [6.45, 7) is 4.16. The Bertz CT molecular complexity index is 427. The van der Waals surface area contributed by atoms with E-state index in [0.717, 1.165) is 11.3 Å². The Kier molecular flexibility index (Phi) is 4.80. The van der Waals surface area contributed by atoms with Crippen LogP contribution in [0.2, 0.25) is 0 Å². The zero-order chi connectivity index (χ0) is 13.7. The van der Waals surface area contributed by atoms with Gasteiger partial charge in [-0.1, -0.05) is 18.2 Å². The van der Waals surface area contributed by atoms with E-state index in [0.29, 0.717) is 32.5 Å². The monoisotopic (exact) mass is 263 g/mol. The number of aliphatic hydroxyl groups is 1. The molecule has 4 heteroatoms. The Hall–Kier alpha value is -1.55. The zero-order valence-corrected chi connectivity index (χ0v) is 11.3. The van der Waals surface area contributed by atoms with Gasteiger partial charge in [0.2, 0.25) is 5.91 Å². The fraction of sp³-hybridized carbons (Fsp3) is 0.533. The fourth-order valence-electron chi connectivity index (χ4n) is 2.30. The Morgan fingerprint density at radius 1 is 1.42 bits per heavy atom. The predicted molar refractivity (Wildman–Crippen MR) is 73.1 cm³/mol. The molecule has 0 spiro atoms. The number of likely N-dealkylation sites (tertiary alicyclic amines) is 1. The van der Waals surface area contributed by atoms with E-state index in [2.05, 4.69) is 0 Å². The van der Waals surface area contributed by atoms with Crippen LogP contribution in [-0.4, -0.2) is 42.2 Å². The Labute approximate surface area is 114 Å². The summed E-state index contributed by atoms with van der Waals surface area (Å²) in [6, 6.07) is 7.85. The van der Waals surface area contributed by atoms with Crippen LogP contribution in [0.4, 0.5) is 0 Å². The van der Waals surface area contributed by atoms with Crippen LogP contribution >= 0.6 is 0 Å². The van der Waals surface area contributed by atoms with Crippen LogP contribution in [0.3, 0.4) is 0 Å². The molecule has 1 aliphatic rings. The highest BCUT2D eigenvalue weighted by molar-refractivity contribution is 5.77. The summed E-state index contributed by atoms with van der Waals surface area (Å²) in [6.07, 6.45) is 1.21. The van der Waals surface area contributed by atoms with Gasteiger partial charge in [-0.25, -0.2) is 0 Å². The first kappa shape index (κ1) is 13.9. The molecular weight excluding hydrogens is 242 g/mol. The Morgan fingerprint density at radius 3 is 2.84 bits per heavy atom. The van der Waals surface area contributed by atoms with E-state index in [9.17, 15) is 4.79 Å².